The first-order valence-corrected chi connectivity index (χ1v) is 10.8. The molecule has 0 bridgehead atoms. The quantitative estimate of drug-likeness (QED) is 0.222. The summed E-state index contributed by atoms with van der Waals surface area (Å²) in [7, 11) is 0. The molecule has 2 aliphatic heterocycles. The third-order valence-corrected chi connectivity index (χ3v) is 5.72. The molecule has 2 fully saturated rings. The highest BCUT2D eigenvalue weighted by Gasteiger charge is 2.26. The number of aromatic amines is 1. The van der Waals surface area contributed by atoms with Crippen LogP contribution in [-0.4, -0.2) is 64.0 Å². The molecule has 2 amide bonds. The van der Waals surface area contributed by atoms with Crippen molar-refractivity contribution in [3.63, 3.8) is 0 Å². The normalized spacial score (nSPS) is 18.7. The molecule has 2 aliphatic rings. The molecule has 0 saturated carbocycles. The highest BCUT2D eigenvalue weighted by molar-refractivity contribution is 6.02. The van der Waals surface area contributed by atoms with E-state index in [1.165, 1.54) is 6.20 Å². The summed E-state index contributed by atoms with van der Waals surface area (Å²) in [6.45, 7) is 2.20. The zero-order valence-electron chi connectivity index (χ0n) is 17.8. The van der Waals surface area contributed by atoms with Crippen LogP contribution in [0.25, 0.3) is 10.9 Å². The van der Waals surface area contributed by atoms with E-state index in [2.05, 4.69) is 25.8 Å². The van der Waals surface area contributed by atoms with Crippen molar-refractivity contribution in [3.05, 3.63) is 36.2 Å². The Labute approximate surface area is 186 Å². The van der Waals surface area contributed by atoms with E-state index >= 15 is 0 Å². The fraction of sp³-hybridized carbons (Fsp3) is 0.409. The first-order chi connectivity index (χ1) is 15.7. The third-order valence-electron chi connectivity index (χ3n) is 5.72. The molecule has 32 heavy (non-hydrogen) atoms. The van der Waals surface area contributed by atoms with Crippen LogP contribution in [0.1, 0.15) is 32.1 Å². The van der Waals surface area contributed by atoms with E-state index in [1.807, 2.05) is 29.3 Å². The van der Waals surface area contributed by atoms with Gasteiger partial charge in [0.1, 0.15) is 6.54 Å². The number of carbonyl (C=O) groups excluding carboxylic acids is 2. The van der Waals surface area contributed by atoms with Crippen molar-refractivity contribution in [2.45, 2.75) is 32.1 Å². The summed E-state index contributed by atoms with van der Waals surface area (Å²) in [5, 5.41) is 22.6. The first-order valence-electron chi connectivity index (χ1n) is 10.8. The molecule has 0 aliphatic carbocycles. The van der Waals surface area contributed by atoms with Gasteiger partial charge in [0, 0.05) is 36.8 Å². The van der Waals surface area contributed by atoms with Crippen LogP contribution in [0.4, 0.5) is 5.69 Å². The molecule has 1 aromatic heterocycles. The Kier molecular flexibility index (Phi) is 6.65. The van der Waals surface area contributed by atoms with Crippen molar-refractivity contribution in [1.29, 1.82) is 5.26 Å². The van der Waals surface area contributed by atoms with Crippen molar-refractivity contribution in [2.75, 3.05) is 31.5 Å². The average molecular weight is 435 g/mol. The molecule has 0 spiro atoms. The number of aromatic nitrogens is 2. The van der Waals surface area contributed by atoms with Crippen LogP contribution in [0, 0.1) is 11.5 Å². The van der Waals surface area contributed by atoms with E-state index in [0.717, 1.165) is 49.7 Å². The number of amides is 2. The number of para-hydroxylation sites is 1. The first kappa shape index (κ1) is 21.4. The fourth-order valence-corrected chi connectivity index (χ4v) is 4.02. The van der Waals surface area contributed by atoms with Gasteiger partial charge in [-0.05, 0) is 38.2 Å². The van der Waals surface area contributed by atoms with Crippen molar-refractivity contribution < 1.29 is 9.59 Å². The number of benzene rings is 1. The summed E-state index contributed by atoms with van der Waals surface area (Å²) in [5.74, 6) is 0.0198. The van der Waals surface area contributed by atoms with Crippen LogP contribution in [0.2, 0.25) is 0 Å². The summed E-state index contributed by atoms with van der Waals surface area (Å²) in [6.07, 6.45) is 9.35. The molecule has 10 nitrogen and oxygen atoms in total. The lowest BCUT2D eigenvalue weighted by atomic mass is 10.1. The number of hydrogen-bond donors (Lipinski definition) is 3. The van der Waals surface area contributed by atoms with Gasteiger partial charge in [0.05, 0.1) is 17.4 Å². The molecule has 3 N–H and O–H groups in total. The summed E-state index contributed by atoms with van der Waals surface area (Å²) < 4.78 is 0. The average Bonchev–Trinajstić information content (AvgIpc) is 3.47. The maximum absolute atomic E-state index is 13.1. The molecule has 1 aromatic carbocycles. The number of nitrogens with zero attached hydrogens (tertiary/aromatic N) is 5. The van der Waals surface area contributed by atoms with E-state index in [9.17, 15) is 9.59 Å². The molecule has 10 heteroatoms. The lowest BCUT2D eigenvalue weighted by Gasteiger charge is -2.24. The smallest absolute Gasteiger partial charge is 0.251 e. The van der Waals surface area contributed by atoms with Crippen LogP contribution in [0.5, 0.6) is 0 Å². The van der Waals surface area contributed by atoms with Gasteiger partial charge < -0.3 is 15.1 Å². The van der Waals surface area contributed by atoms with Crippen LogP contribution in [0.15, 0.2) is 41.2 Å². The van der Waals surface area contributed by atoms with Gasteiger partial charge in [0.2, 0.25) is 11.9 Å². The summed E-state index contributed by atoms with van der Waals surface area (Å²) >= 11 is 0. The minimum absolute atomic E-state index is 0.00163. The second kappa shape index (κ2) is 9.96. The molecule has 166 valence electrons. The zero-order valence-corrected chi connectivity index (χ0v) is 17.8. The summed E-state index contributed by atoms with van der Waals surface area (Å²) in [4.78, 5) is 33.4. The van der Waals surface area contributed by atoms with E-state index in [1.54, 1.807) is 11.1 Å². The predicted octanol–water partition coefficient (Wildman–Crippen LogP) is 1.92. The monoisotopic (exact) mass is 434 g/mol. The molecule has 0 atom stereocenters. The minimum Gasteiger partial charge on any atom is -0.341 e. The molecule has 0 radical (unpaired) electrons. The van der Waals surface area contributed by atoms with E-state index in [-0.39, 0.29) is 24.3 Å². The number of H-pyrrole nitrogens is 1. The Morgan fingerprint density at radius 3 is 2.88 bits per heavy atom. The SMILES string of the molecule is N#CNC(=N/C=C1\CCCCN(CC(=O)N2CCCC2)C1=O)Nc1cccc2cn[nH]c12. The highest BCUT2D eigenvalue weighted by Crippen LogP contribution is 2.21. The summed E-state index contributed by atoms with van der Waals surface area (Å²) in [6, 6.07) is 5.63. The molecular formula is C22H26N8O2. The molecule has 3 heterocycles. The largest absolute Gasteiger partial charge is 0.341 e. The highest BCUT2D eigenvalue weighted by atomic mass is 16.2. The van der Waals surface area contributed by atoms with E-state index < -0.39 is 0 Å². The number of fused-ring (bicyclic) bond motifs is 1. The predicted molar refractivity (Wildman–Crippen MR) is 120 cm³/mol. The Hall–Kier alpha value is -3.87. The minimum atomic E-state index is -0.175. The Morgan fingerprint density at radius 2 is 2.06 bits per heavy atom. The van der Waals surface area contributed by atoms with E-state index in [0.29, 0.717) is 24.2 Å². The van der Waals surface area contributed by atoms with Gasteiger partial charge >= 0.3 is 0 Å². The Morgan fingerprint density at radius 1 is 1.25 bits per heavy atom. The number of hydrogen-bond acceptors (Lipinski definition) is 5. The number of rotatable bonds is 4. The van der Waals surface area contributed by atoms with Gasteiger partial charge in [0.15, 0.2) is 6.19 Å². The topological polar surface area (TPSA) is 130 Å². The van der Waals surface area contributed by atoms with Crippen molar-refractivity contribution >= 4 is 34.4 Å². The number of guanidine groups is 1. The maximum Gasteiger partial charge on any atom is 0.251 e. The second-order valence-electron chi connectivity index (χ2n) is 7.91. The number of nitrogens with one attached hydrogen (secondary N) is 3. The van der Waals surface area contributed by atoms with Crippen LogP contribution in [0.3, 0.4) is 0 Å². The number of anilines is 1. The van der Waals surface area contributed by atoms with E-state index in [4.69, 9.17) is 5.26 Å². The third kappa shape index (κ3) is 4.88. The lowest BCUT2D eigenvalue weighted by Crippen LogP contribution is -2.42. The van der Waals surface area contributed by atoms with Gasteiger partial charge in [-0.1, -0.05) is 12.1 Å². The molecule has 4 rings (SSSR count). The van der Waals surface area contributed by atoms with Crippen molar-refractivity contribution in [1.82, 2.24) is 25.3 Å². The van der Waals surface area contributed by atoms with Gasteiger partial charge in [0.25, 0.3) is 5.91 Å². The Bertz CT molecular complexity index is 1090. The number of carbonyl (C=O) groups is 2. The zero-order chi connectivity index (χ0) is 22.3. The number of aliphatic imine (C=N–C) groups is 1. The molecule has 2 saturated heterocycles. The molecule has 2 aromatic rings. The van der Waals surface area contributed by atoms with Crippen molar-refractivity contribution in [3.8, 4) is 6.19 Å². The molecular weight excluding hydrogens is 408 g/mol. The standard InChI is InChI=1S/C22H26N8O2/c23-15-25-22(27-18-8-5-7-16-13-26-28-20(16)18)24-12-17-6-1-2-11-30(21(17)32)14-19(31)29-9-3-4-10-29/h5,7-8,12-13H,1-4,6,9-11,14H2,(H,26,28)(H2,24,25,27)/b17-12+. The number of likely N-dealkylation sites (tertiary alicyclic amines) is 2. The fourth-order valence-electron chi connectivity index (χ4n) is 4.02. The van der Waals surface area contributed by atoms with Gasteiger partial charge in [-0.3, -0.25) is 20.0 Å². The maximum atomic E-state index is 13.1. The molecule has 0 unspecified atom stereocenters. The van der Waals surface area contributed by atoms with Crippen LogP contribution in [-0.2, 0) is 9.59 Å². The number of nitriles is 1. The van der Waals surface area contributed by atoms with Gasteiger partial charge in [-0.2, -0.15) is 10.4 Å². The summed E-state index contributed by atoms with van der Waals surface area (Å²) in [5.41, 5.74) is 2.00. The van der Waals surface area contributed by atoms with Gasteiger partial charge in [-0.25, -0.2) is 4.99 Å². The van der Waals surface area contributed by atoms with Crippen molar-refractivity contribution in [2.24, 2.45) is 4.99 Å². The van der Waals surface area contributed by atoms with Crippen LogP contribution < -0.4 is 10.6 Å². The lowest BCUT2D eigenvalue weighted by molar-refractivity contribution is -0.137. The van der Waals surface area contributed by atoms with Gasteiger partial charge in [-0.15, -0.1) is 0 Å². The second-order valence-corrected chi connectivity index (χ2v) is 7.91. The Balaban J connectivity index is 1.51. The van der Waals surface area contributed by atoms with Crippen LogP contribution >= 0.6 is 0 Å².